The van der Waals surface area contributed by atoms with Crippen molar-refractivity contribution in [2.45, 2.75) is 51.7 Å². The molecule has 40 heavy (non-hydrogen) atoms. The molecule has 0 unspecified atom stereocenters. The molecule has 0 spiro atoms. The number of nitrogens with zero attached hydrogens (tertiary/aromatic N) is 2. The van der Waals surface area contributed by atoms with Gasteiger partial charge in [-0.2, -0.15) is 5.26 Å². The van der Waals surface area contributed by atoms with Crippen molar-refractivity contribution in [3.63, 3.8) is 0 Å². The lowest BCUT2D eigenvalue weighted by atomic mass is 9.90. The molecule has 4 aromatic rings. The van der Waals surface area contributed by atoms with Gasteiger partial charge in [-0.3, -0.25) is 15.1 Å². The summed E-state index contributed by atoms with van der Waals surface area (Å²) in [7, 11) is -4.00. The highest BCUT2D eigenvalue weighted by molar-refractivity contribution is 7.91. The minimum atomic E-state index is -4.00. The Hall–Kier alpha value is -3.93. The predicted octanol–water partition coefficient (Wildman–Crippen LogP) is 5.13. The SMILES string of the molecule is CCS(=O)(=O)c1nc2c(F)c(-c3ccc(F)c4sc(NC(=O)OC(C)(C)C)c(C#N)c34)c3c(c2c(=O)[nH]1)COC3. The van der Waals surface area contributed by atoms with Crippen molar-refractivity contribution in [2.24, 2.45) is 0 Å². The summed E-state index contributed by atoms with van der Waals surface area (Å²) in [4.78, 5) is 31.6. The van der Waals surface area contributed by atoms with Crippen LogP contribution in [0.4, 0.5) is 18.6 Å². The molecule has 0 fully saturated rings. The van der Waals surface area contributed by atoms with E-state index in [1.54, 1.807) is 20.8 Å². The van der Waals surface area contributed by atoms with Crippen LogP contribution in [0.5, 0.6) is 0 Å². The number of nitrogens with one attached hydrogen (secondary N) is 2. The molecule has 10 nitrogen and oxygen atoms in total. The zero-order chi connectivity index (χ0) is 29.1. The summed E-state index contributed by atoms with van der Waals surface area (Å²) in [6.45, 7) is 6.15. The molecule has 1 aliphatic heterocycles. The van der Waals surface area contributed by atoms with E-state index in [1.807, 2.05) is 6.07 Å². The number of aromatic amines is 1. The van der Waals surface area contributed by atoms with Crippen molar-refractivity contribution in [3.05, 3.63) is 50.8 Å². The monoisotopic (exact) mass is 588 g/mol. The molecule has 0 saturated carbocycles. The number of carbonyl (C=O) groups is 1. The summed E-state index contributed by atoms with van der Waals surface area (Å²) in [6, 6.07) is 4.34. The first-order valence-electron chi connectivity index (χ1n) is 12.0. The van der Waals surface area contributed by atoms with Crippen LogP contribution in [0.15, 0.2) is 22.1 Å². The summed E-state index contributed by atoms with van der Waals surface area (Å²) >= 11 is 0.779. The Kier molecular flexibility index (Phi) is 6.64. The zero-order valence-electron chi connectivity index (χ0n) is 21.7. The first-order valence-corrected chi connectivity index (χ1v) is 14.5. The molecule has 2 aromatic carbocycles. The number of carbonyl (C=O) groups excluding carboxylic acids is 1. The third-order valence-electron chi connectivity index (χ3n) is 6.25. The van der Waals surface area contributed by atoms with Crippen LogP contribution in [-0.4, -0.2) is 35.8 Å². The van der Waals surface area contributed by atoms with Crippen LogP contribution in [0.25, 0.3) is 32.1 Å². The molecule has 1 aliphatic rings. The lowest BCUT2D eigenvalue weighted by Gasteiger charge is -2.19. The molecular weight excluding hydrogens is 566 g/mol. The smallest absolute Gasteiger partial charge is 0.412 e. The quantitative estimate of drug-likeness (QED) is 0.312. The number of thiophene rings is 1. The lowest BCUT2D eigenvalue weighted by Crippen LogP contribution is -2.27. The molecule has 2 aromatic heterocycles. The Morgan fingerprint density at radius 3 is 2.60 bits per heavy atom. The van der Waals surface area contributed by atoms with Crippen LogP contribution in [0.2, 0.25) is 0 Å². The fourth-order valence-corrected chi connectivity index (χ4v) is 6.37. The van der Waals surface area contributed by atoms with Crippen molar-refractivity contribution in [3.8, 4) is 17.2 Å². The Morgan fingerprint density at radius 1 is 1.25 bits per heavy atom. The van der Waals surface area contributed by atoms with Gasteiger partial charge in [-0.1, -0.05) is 13.0 Å². The molecule has 0 aliphatic carbocycles. The van der Waals surface area contributed by atoms with Crippen molar-refractivity contribution in [1.82, 2.24) is 9.97 Å². The first-order chi connectivity index (χ1) is 18.8. The normalized spacial score (nSPS) is 13.4. The summed E-state index contributed by atoms with van der Waals surface area (Å²) in [5, 5.41) is 11.7. The van der Waals surface area contributed by atoms with Crippen LogP contribution in [-0.2, 0) is 32.5 Å². The van der Waals surface area contributed by atoms with Crippen LogP contribution in [0, 0.1) is 23.0 Å². The number of anilines is 1. The topological polar surface area (TPSA) is 151 Å². The molecule has 1 amide bonds. The maximum absolute atomic E-state index is 16.4. The minimum Gasteiger partial charge on any atom is -0.444 e. The molecular formula is C26H22F2N4O6S2. The largest absolute Gasteiger partial charge is 0.444 e. The van der Waals surface area contributed by atoms with E-state index in [-0.39, 0.29) is 61.7 Å². The number of fused-ring (bicyclic) bond motifs is 4. The Bertz CT molecular complexity index is 1950. The van der Waals surface area contributed by atoms with Gasteiger partial charge in [0.05, 0.1) is 34.6 Å². The second-order valence-electron chi connectivity index (χ2n) is 9.98. The number of hydrogen-bond donors (Lipinski definition) is 2. The maximum atomic E-state index is 16.4. The van der Waals surface area contributed by atoms with Gasteiger partial charge in [0.15, 0.2) is 5.82 Å². The van der Waals surface area contributed by atoms with Crippen LogP contribution in [0.1, 0.15) is 44.4 Å². The van der Waals surface area contributed by atoms with Crippen molar-refractivity contribution in [2.75, 3.05) is 11.1 Å². The highest BCUT2D eigenvalue weighted by Gasteiger charge is 2.31. The molecule has 0 bridgehead atoms. The van der Waals surface area contributed by atoms with Gasteiger partial charge in [0, 0.05) is 10.9 Å². The van der Waals surface area contributed by atoms with E-state index >= 15 is 8.78 Å². The third-order valence-corrected chi connectivity index (χ3v) is 8.90. The van der Waals surface area contributed by atoms with E-state index in [2.05, 4.69) is 15.3 Å². The fourth-order valence-electron chi connectivity index (χ4n) is 4.55. The molecule has 0 radical (unpaired) electrons. The second kappa shape index (κ2) is 9.61. The van der Waals surface area contributed by atoms with E-state index in [0.29, 0.717) is 5.56 Å². The molecule has 0 saturated heterocycles. The predicted molar refractivity (Wildman–Crippen MR) is 144 cm³/mol. The van der Waals surface area contributed by atoms with Crippen molar-refractivity contribution < 1.29 is 31.5 Å². The number of aromatic nitrogens is 2. The number of H-pyrrole nitrogens is 1. The van der Waals surface area contributed by atoms with Gasteiger partial charge in [-0.05, 0) is 43.5 Å². The molecule has 3 heterocycles. The zero-order valence-corrected chi connectivity index (χ0v) is 23.3. The Morgan fingerprint density at radius 2 is 1.95 bits per heavy atom. The number of rotatable bonds is 4. The fraction of sp³-hybridized carbons (Fsp3) is 0.308. The molecule has 0 atom stereocenters. The van der Waals surface area contributed by atoms with Crippen molar-refractivity contribution in [1.29, 1.82) is 5.26 Å². The Labute approximate surface area is 230 Å². The molecule has 5 rings (SSSR count). The standard InChI is InChI=1S/C26H22F2N4O6S2/c1-5-40(35,36)24-30-20-18(22(33)31-24)14-10-37-9-13(14)16(19(20)28)11-6-7-15(27)21-17(11)12(8-29)23(39-21)32-25(34)38-26(2,3)4/h6-7H,5,9-10H2,1-4H3,(H,32,34)(H,30,31,33). The number of halogens is 2. The maximum Gasteiger partial charge on any atom is 0.412 e. The first kappa shape index (κ1) is 27.6. The van der Waals surface area contributed by atoms with Crippen LogP contribution in [0.3, 0.4) is 0 Å². The van der Waals surface area contributed by atoms with E-state index in [9.17, 15) is 23.3 Å². The van der Waals surface area contributed by atoms with Crippen molar-refractivity contribution >= 4 is 53.3 Å². The number of amides is 1. The minimum absolute atomic E-state index is 0.00177. The van der Waals surface area contributed by atoms with E-state index < -0.39 is 49.4 Å². The van der Waals surface area contributed by atoms with Gasteiger partial charge < -0.3 is 9.47 Å². The third kappa shape index (κ3) is 4.49. The molecule has 14 heteroatoms. The summed E-state index contributed by atoms with van der Waals surface area (Å²) < 4.78 is 67.1. The van der Waals surface area contributed by atoms with E-state index in [0.717, 1.165) is 17.4 Å². The lowest BCUT2D eigenvalue weighted by molar-refractivity contribution is 0.0636. The van der Waals surface area contributed by atoms with Crippen LogP contribution >= 0.6 is 11.3 Å². The number of hydrogen-bond acceptors (Lipinski definition) is 9. The summed E-state index contributed by atoms with van der Waals surface area (Å²) in [6.07, 6.45) is -0.864. The number of ether oxygens (including phenoxy) is 2. The number of benzene rings is 2. The van der Waals surface area contributed by atoms with E-state index in [4.69, 9.17) is 9.47 Å². The number of nitriles is 1. The molecule has 2 N–H and O–H groups in total. The molecule has 208 valence electrons. The highest BCUT2D eigenvalue weighted by atomic mass is 32.2. The Balaban J connectivity index is 1.83. The van der Waals surface area contributed by atoms with Gasteiger partial charge in [0.1, 0.15) is 28.0 Å². The van der Waals surface area contributed by atoms with Gasteiger partial charge in [0.2, 0.25) is 15.0 Å². The number of sulfone groups is 1. The summed E-state index contributed by atoms with van der Waals surface area (Å²) in [5.74, 6) is -2.11. The van der Waals surface area contributed by atoms with Gasteiger partial charge in [-0.25, -0.2) is 27.0 Å². The van der Waals surface area contributed by atoms with E-state index in [1.165, 1.54) is 13.0 Å². The van der Waals surface area contributed by atoms with Crippen LogP contribution < -0.4 is 10.9 Å². The van der Waals surface area contributed by atoms with Gasteiger partial charge in [-0.15, -0.1) is 11.3 Å². The average molecular weight is 589 g/mol. The van der Waals surface area contributed by atoms with Gasteiger partial charge >= 0.3 is 6.09 Å². The van der Waals surface area contributed by atoms with Gasteiger partial charge in [0.25, 0.3) is 5.56 Å². The second-order valence-corrected chi connectivity index (χ2v) is 13.2. The highest BCUT2D eigenvalue weighted by Crippen LogP contribution is 2.46. The average Bonchev–Trinajstić information content (AvgIpc) is 3.49. The summed E-state index contributed by atoms with van der Waals surface area (Å²) in [5.41, 5.74) is -1.73.